The van der Waals surface area contributed by atoms with Crippen molar-refractivity contribution in [2.75, 3.05) is 39.6 Å². The molecule has 0 radical (unpaired) electrons. The number of hydrogen-bond acceptors (Lipinski definition) is 13. The molecule has 3 aromatic rings. The first-order valence-electron chi connectivity index (χ1n) is 15.3. The van der Waals surface area contributed by atoms with E-state index in [1.165, 1.54) is 6.07 Å². The molecule has 0 aliphatic carbocycles. The van der Waals surface area contributed by atoms with Crippen LogP contribution in [-0.4, -0.2) is 112 Å². The second-order valence-corrected chi connectivity index (χ2v) is 16.3. The number of hydrogen-bond donors (Lipinski definition) is 7. The zero-order valence-electron chi connectivity index (χ0n) is 28.1. The SMILES string of the molecule is C=C.NC1(C(=O)O)CCOC1.O=C(NC1(C(=O)O)CCOC1)c1ccc(Cl)s1.O=C(N[C@@]1(C(=O)O)CCOC1)c1ccc(Cl)s1.O=C(O)c1ccc(Cl)s1. The minimum Gasteiger partial charge on any atom is -0.480 e. The molecule has 6 heterocycles. The van der Waals surface area contributed by atoms with Gasteiger partial charge in [-0.05, 0) is 36.4 Å². The van der Waals surface area contributed by atoms with Crippen LogP contribution in [0, 0.1) is 0 Å². The van der Waals surface area contributed by atoms with Crippen molar-refractivity contribution in [1.82, 2.24) is 10.6 Å². The summed E-state index contributed by atoms with van der Waals surface area (Å²) >= 11 is 20.2. The summed E-state index contributed by atoms with van der Waals surface area (Å²) in [7, 11) is 0. The summed E-state index contributed by atoms with van der Waals surface area (Å²) in [6.07, 6.45) is 0.961. The highest BCUT2D eigenvalue weighted by Crippen LogP contribution is 2.26. The van der Waals surface area contributed by atoms with Crippen molar-refractivity contribution < 1.29 is 63.4 Å². The van der Waals surface area contributed by atoms with Gasteiger partial charge < -0.3 is 51.0 Å². The molecular formula is C32H36Cl3N3O13S3. The van der Waals surface area contributed by atoms with Gasteiger partial charge in [-0.3, -0.25) is 14.4 Å². The van der Waals surface area contributed by atoms with Crippen LogP contribution in [0.2, 0.25) is 13.0 Å². The minimum absolute atomic E-state index is 0.00677. The fourth-order valence-corrected chi connectivity index (χ4v) is 7.14. The van der Waals surface area contributed by atoms with Crippen LogP contribution in [0.1, 0.15) is 48.3 Å². The molecule has 2 unspecified atom stereocenters. The third-order valence-electron chi connectivity index (χ3n) is 7.42. The zero-order valence-corrected chi connectivity index (χ0v) is 32.9. The Bertz CT molecular complexity index is 1680. The maximum Gasteiger partial charge on any atom is 0.345 e. The van der Waals surface area contributed by atoms with Crippen molar-refractivity contribution in [3.8, 4) is 0 Å². The van der Waals surface area contributed by atoms with E-state index < -0.39 is 52.3 Å². The predicted octanol–water partition coefficient (Wildman–Crippen LogP) is 4.84. The van der Waals surface area contributed by atoms with E-state index in [1.807, 2.05) is 0 Å². The normalized spacial score (nSPS) is 22.3. The van der Waals surface area contributed by atoms with E-state index in [1.54, 1.807) is 30.3 Å². The number of amides is 2. The minimum atomic E-state index is -1.31. The number of nitrogens with one attached hydrogen (secondary N) is 2. The third-order valence-corrected chi connectivity index (χ3v) is 11.1. The molecule has 8 N–H and O–H groups in total. The van der Waals surface area contributed by atoms with Crippen LogP contribution < -0.4 is 16.4 Å². The fourth-order valence-electron chi connectivity index (χ4n) is 4.38. The van der Waals surface area contributed by atoms with Gasteiger partial charge in [0.2, 0.25) is 0 Å². The van der Waals surface area contributed by atoms with Crippen molar-refractivity contribution in [1.29, 1.82) is 0 Å². The second kappa shape index (κ2) is 21.5. The Kier molecular flexibility index (Phi) is 18.5. The van der Waals surface area contributed by atoms with Crippen LogP contribution in [-0.2, 0) is 28.6 Å². The quantitative estimate of drug-likeness (QED) is 0.150. The number of rotatable bonds is 8. The summed E-state index contributed by atoms with van der Waals surface area (Å²) in [5.74, 6) is -4.92. The molecule has 3 fully saturated rings. The maximum absolute atomic E-state index is 11.8. The number of aromatic carboxylic acids is 1. The van der Waals surface area contributed by atoms with Gasteiger partial charge >= 0.3 is 23.9 Å². The number of carbonyl (C=O) groups is 6. The number of carbonyl (C=O) groups excluding carboxylic acids is 2. The Morgan fingerprint density at radius 2 is 0.944 bits per heavy atom. The molecule has 296 valence electrons. The van der Waals surface area contributed by atoms with Crippen molar-refractivity contribution >= 4 is 105 Å². The van der Waals surface area contributed by atoms with Crippen LogP contribution in [0.15, 0.2) is 49.6 Å². The number of thiophene rings is 3. The monoisotopic (exact) mass is 871 g/mol. The molecule has 6 rings (SSSR count). The highest BCUT2D eigenvalue weighted by atomic mass is 35.5. The summed E-state index contributed by atoms with van der Waals surface area (Å²) in [6.45, 7) is 7.25. The number of nitrogens with two attached hydrogens (primary N) is 1. The van der Waals surface area contributed by atoms with Gasteiger partial charge in [-0.15, -0.1) is 47.2 Å². The topological polar surface area (TPSA) is 261 Å². The lowest BCUT2D eigenvalue weighted by atomic mass is 9.99. The van der Waals surface area contributed by atoms with Crippen LogP contribution in [0.25, 0.3) is 0 Å². The lowest BCUT2D eigenvalue weighted by Crippen LogP contribution is -2.55. The first-order valence-corrected chi connectivity index (χ1v) is 18.9. The van der Waals surface area contributed by atoms with Crippen molar-refractivity contribution in [2.24, 2.45) is 5.73 Å². The molecule has 0 aromatic carbocycles. The van der Waals surface area contributed by atoms with E-state index in [0.717, 1.165) is 34.0 Å². The van der Waals surface area contributed by atoms with Gasteiger partial charge in [0.25, 0.3) is 11.8 Å². The molecule has 0 spiro atoms. The summed E-state index contributed by atoms with van der Waals surface area (Å²) in [5.41, 5.74) is 1.64. The molecule has 3 atom stereocenters. The Morgan fingerprint density at radius 1 is 0.593 bits per heavy atom. The number of ether oxygens (including phenoxy) is 3. The predicted molar refractivity (Wildman–Crippen MR) is 203 cm³/mol. The molecular weight excluding hydrogens is 837 g/mol. The number of carboxylic acid groups (broad SMARTS) is 4. The van der Waals surface area contributed by atoms with Gasteiger partial charge in [-0.2, -0.15) is 0 Å². The molecule has 0 bridgehead atoms. The summed E-state index contributed by atoms with van der Waals surface area (Å²) in [6, 6.07) is 9.37. The lowest BCUT2D eigenvalue weighted by Gasteiger charge is -2.23. The fraction of sp³-hybridized carbons (Fsp3) is 0.375. The number of carboxylic acids is 4. The Labute approximate surface area is 335 Å². The van der Waals surface area contributed by atoms with Gasteiger partial charge in [0.05, 0.1) is 42.6 Å². The van der Waals surface area contributed by atoms with Gasteiger partial charge in [0, 0.05) is 39.1 Å². The van der Waals surface area contributed by atoms with Crippen LogP contribution >= 0.6 is 68.8 Å². The molecule has 0 saturated carbocycles. The Morgan fingerprint density at radius 3 is 1.15 bits per heavy atom. The lowest BCUT2D eigenvalue weighted by molar-refractivity contribution is -0.145. The molecule has 22 heteroatoms. The van der Waals surface area contributed by atoms with E-state index >= 15 is 0 Å². The molecule has 3 saturated heterocycles. The van der Waals surface area contributed by atoms with E-state index in [0.29, 0.717) is 49.0 Å². The molecule has 3 aromatic heterocycles. The van der Waals surface area contributed by atoms with E-state index in [4.69, 9.17) is 75.2 Å². The molecule has 3 aliphatic heterocycles. The first kappa shape index (κ1) is 46.5. The summed E-state index contributed by atoms with van der Waals surface area (Å²) in [4.78, 5) is 67.6. The van der Waals surface area contributed by atoms with Gasteiger partial charge in [0.1, 0.15) is 10.4 Å². The smallest absolute Gasteiger partial charge is 0.345 e. The molecule has 16 nitrogen and oxygen atoms in total. The summed E-state index contributed by atoms with van der Waals surface area (Å²) in [5, 5.41) is 40.1. The van der Waals surface area contributed by atoms with E-state index in [2.05, 4.69) is 23.8 Å². The van der Waals surface area contributed by atoms with Crippen LogP contribution in [0.5, 0.6) is 0 Å². The third kappa shape index (κ3) is 13.3. The van der Waals surface area contributed by atoms with Crippen molar-refractivity contribution in [3.63, 3.8) is 0 Å². The second-order valence-electron chi connectivity index (χ2n) is 11.2. The molecule has 2 amide bonds. The standard InChI is InChI=1S/2C10H10ClNO4S.C5H3ClO2S.C5H9NO3.C2H4/c2*11-7-2-1-6(17-7)8(13)12-10(9(14)15)3-4-16-5-10;6-4-2-1-3(9-4)5(7)8;6-5(4(7)8)1-2-9-3-5;1-2/h2*1-2H,3-5H2,(H,12,13)(H,14,15);1-2H,(H,7,8);1-3,6H2,(H,7,8);1-2H2/t10-;;;;/m0..../s1. The van der Waals surface area contributed by atoms with E-state index in [9.17, 15) is 28.8 Å². The molecule has 54 heavy (non-hydrogen) atoms. The van der Waals surface area contributed by atoms with Crippen molar-refractivity contribution in [3.05, 3.63) is 77.2 Å². The van der Waals surface area contributed by atoms with Crippen LogP contribution in [0.4, 0.5) is 0 Å². The Hall–Kier alpha value is -3.63. The average molecular weight is 873 g/mol. The van der Waals surface area contributed by atoms with Crippen molar-refractivity contribution in [2.45, 2.75) is 35.9 Å². The van der Waals surface area contributed by atoms with Gasteiger partial charge in [0.15, 0.2) is 11.1 Å². The number of aliphatic carboxylic acids is 3. The highest BCUT2D eigenvalue weighted by Gasteiger charge is 2.45. The molecule has 3 aliphatic rings. The van der Waals surface area contributed by atoms with Gasteiger partial charge in [-0.1, -0.05) is 34.8 Å². The zero-order chi connectivity index (χ0) is 40.7. The van der Waals surface area contributed by atoms with Gasteiger partial charge in [-0.25, -0.2) is 14.4 Å². The maximum atomic E-state index is 11.8. The Balaban J connectivity index is 0.000000255. The average Bonchev–Trinajstić information content (AvgIpc) is 3.97. The first-order chi connectivity index (χ1) is 25.4. The number of halogens is 3. The largest absolute Gasteiger partial charge is 0.480 e. The van der Waals surface area contributed by atoms with Crippen LogP contribution in [0.3, 0.4) is 0 Å². The summed E-state index contributed by atoms with van der Waals surface area (Å²) < 4.78 is 16.4. The highest BCUT2D eigenvalue weighted by molar-refractivity contribution is 7.18. The van der Waals surface area contributed by atoms with E-state index in [-0.39, 0.29) is 37.5 Å².